The normalized spacial score (nSPS) is 16.1. The summed E-state index contributed by atoms with van der Waals surface area (Å²) in [5, 5.41) is 0. The molecule has 0 saturated heterocycles. The van der Waals surface area contributed by atoms with Gasteiger partial charge < -0.3 is 28.4 Å². The van der Waals surface area contributed by atoms with Crippen LogP contribution in [0, 0.1) is 0 Å². The summed E-state index contributed by atoms with van der Waals surface area (Å²) in [6.07, 6.45) is 0. The highest BCUT2D eigenvalue weighted by atomic mass is 16.5. The Balaban J connectivity index is 1.22. The Labute approximate surface area is 292 Å². The quantitative estimate of drug-likeness (QED) is 0.173. The van der Waals surface area contributed by atoms with Crippen LogP contribution in [-0.2, 0) is 0 Å². The van der Waals surface area contributed by atoms with Crippen molar-refractivity contribution in [2.75, 3.05) is 0 Å². The molecule has 6 nitrogen and oxygen atoms in total. The predicted octanol–water partition coefficient (Wildman–Crippen LogP) is 6.53. The Kier molecular flexibility index (Phi) is 4.74. The highest BCUT2D eigenvalue weighted by molar-refractivity contribution is 7.02. The lowest BCUT2D eigenvalue weighted by molar-refractivity contribution is 0.396. The highest BCUT2D eigenvalue weighted by Crippen LogP contribution is 2.59. The number of hydrogen-bond donors (Lipinski definition) is 0. The van der Waals surface area contributed by atoms with E-state index in [0.717, 1.165) is 118 Å². The zero-order valence-electron chi connectivity index (χ0n) is 26.8. The zero-order valence-corrected chi connectivity index (χ0v) is 26.8. The van der Waals surface area contributed by atoms with Crippen molar-refractivity contribution in [2.45, 2.75) is 5.92 Å². The molecule has 7 aromatic rings. The van der Waals surface area contributed by atoms with E-state index in [9.17, 15) is 0 Å². The van der Waals surface area contributed by atoms with E-state index in [1.165, 1.54) is 0 Å². The number of benzene rings is 7. The second-order valence-corrected chi connectivity index (χ2v) is 13.8. The molecular weight excluding hydrogens is 634 g/mol. The highest BCUT2D eigenvalue weighted by Gasteiger charge is 2.53. The summed E-state index contributed by atoms with van der Waals surface area (Å²) in [6, 6.07) is 43.1. The van der Waals surface area contributed by atoms with Gasteiger partial charge in [-0.05, 0) is 65.5 Å². The molecule has 6 heterocycles. The van der Waals surface area contributed by atoms with Gasteiger partial charge in [-0.3, -0.25) is 0 Å². The molecule has 0 bridgehead atoms. The second kappa shape index (κ2) is 9.17. The minimum Gasteiger partial charge on any atom is -0.459 e. The summed E-state index contributed by atoms with van der Waals surface area (Å²) in [6.45, 7) is -0.453. The number of ether oxygens (including phenoxy) is 6. The maximum atomic E-state index is 7.19. The lowest BCUT2D eigenvalue weighted by atomic mass is 9.30. The first-order valence-electron chi connectivity index (χ1n) is 17.3. The summed E-state index contributed by atoms with van der Waals surface area (Å²) in [7, 11) is 0. The van der Waals surface area contributed by atoms with E-state index in [2.05, 4.69) is 36.4 Å². The Morgan fingerprint density at radius 1 is 0.314 bits per heavy atom. The third-order valence-electron chi connectivity index (χ3n) is 11.3. The van der Waals surface area contributed by atoms with Gasteiger partial charge in [-0.1, -0.05) is 72.8 Å². The molecule has 0 aliphatic carbocycles. The van der Waals surface area contributed by atoms with Gasteiger partial charge in [0.1, 0.15) is 69.0 Å². The third kappa shape index (κ3) is 3.22. The average molecular weight is 656 g/mol. The molecule has 0 amide bonds. The molecule has 7 aromatic carbocycles. The minimum absolute atomic E-state index is 0.226. The van der Waals surface area contributed by atoms with E-state index < -0.39 is 0 Å². The summed E-state index contributed by atoms with van der Waals surface area (Å²) in [5.41, 5.74) is 9.05. The molecule has 8 heteroatoms. The largest absolute Gasteiger partial charge is 0.459 e. The van der Waals surface area contributed by atoms with Crippen LogP contribution < -0.4 is 61.2 Å². The van der Waals surface area contributed by atoms with E-state index in [1.807, 2.05) is 91.0 Å². The Morgan fingerprint density at radius 3 is 1.33 bits per heavy atom. The summed E-state index contributed by atoms with van der Waals surface area (Å²) >= 11 is 0. The van der Waals surface area contributed by atoms with Crippen LogP contribution in [0.5, 0.6) is 69.0 Å². The molecule has 236 valence electrons. The van der Waals surface area contributed by atoms with Gasteiger partial charge in [0.05, 0.1) is 5.92 Å². The van der Waals surface area contributed by atoms with Gasteiger partial charge in [0, 0.05) is 38.5 Å². The first kappa shape index (κ1) is 26.4. The number of rotatable bonds is 0. The van der Waals surface area contributed by atoms with Crippen molar-refractivity contribution >= 4 is 46.2 Å². The molecule has 6 aliphatic rings. The predicted molar refractivity (Wildman–Crippen MR) is 196 cm³/mol. The lowest BCUT2D eigenvalue weighted by Crippen LogP contribution is -2.63. The topological polar surface area (TPSA) is 55.4 Å². The van der Waals surface area contributed by atoms with E-state index in [-0.39, 0.29) is 19.3 Å². The second-order valence-electron chi connectivity index (χ2n) is 13.8. The molecule has 6 aliphatic heterocycles. The molecule has 0 fully saturated rings. The first-order valence-corrected chi connectivity index (χ1v) is 17.3. The monoisotopic (exact) mass is 656 g/mol. The fraction of sp³-hybridized carbons (Fsp3) is 0.0233. The summed E-state index contributed by atoms with van der Waals surface area (Å²) in [4.78, 5) is 0. The molecule has 0 aromatic heterocycles. The van der Waals surface area contributed by atoms with Gasteiger partial charge in [-0.15, -0.1) is 0 Å². The van der Waals surface area contributed by atoms with Crippen molar-refractivity contribution < 1.29 is 28.4 Å². The molecule has 13 rings (SSSR count). The van der Waals surface area contributed by atoms with Crippen molar-refractivity contribution in [3.63, 3.8) is 0 Å². The van der Waals surface area contributed by atoms with Crippen molar-refractivity contribution in [1.29, 1.82) is 0 Å². The van der Waals surface area contributed by atoms with E-state index in [0.29, 0.717) is 0 Å². The van der Waals surface area contributed by atoms with Crippen LogP contribution in [-0.4, -0.2) is 13.4 Å². The molecule has 51 heavy (non-hydrogen) atoms. The van der Waals surface area contributed by atoms with Crippen LogP contribution in [0.2, 0.25) is 0 Å². The SMILES string of the molecule is c1ccc2c(c1)Oc1cccc3c1B2c1c2c(c4c(c1O3)C1c3ccccc3Oc3cccc(c31)O4)B1c3ccccc3Oc3cccc(c31)O2. The van der Waals surface area contributed by atoms with E-state index >= 15 is 0 Å². The number of hydrogen-bond acceptors (Lipinski definition) is 6. The molecule has 0 saturated carbocycles. The third-order valence-corrected chi connectivity index (χ3v) is 11.3. The Morgan fingerprint density at radius 2 is 0.725 bits per heavy atom. The molecular formula is C43H22B2O6. The number of fused-ring (bicyclic) bond motifs is 15. The van der Waals surface area contributed by atoms with Gasteiger partial charge in [-0.2, -0.15) is 0 Å². The molecule has 1 unspecified atom stereocenters. The maximum absolute atomic E-state index is 7.19. The molecule has 0 N–H and O–H groups in total. The maximum Gasteiger partial charge on any atom is 0.265 e. The van der Waals surface area contributed by atoms with Gasteiger partial charge in [-0.25, -0.2) is 0 Å². The van der Waals surface area contributed by atoms with Crippen LogP contribution in [0.1, 0.15) is 22.6 Å². The van der Waals surface area contributed by atoms with Crippen LogP contribution in [0.4, 0.5) is 0 Å². The Bertz CT molecular complexity index is 2440. The smallest absolute Gasteiger partial charge is 0.265 e. The van der Waals surface area contributed by atoms with Gasteiger partial charge in [0.2, 0.25) is 0 Å². The fourth-order valence-electron chi connectivity index (χ4n) is 9.31. The van der Waals surface area contributed by atoms with Crippen molar-refractivity contribution in [3.05, 3.63) is 144 Å². The average Bonchev–Trinajstić information content (AvgIpc) is 3.17. The zero-order chi connectivity index (χ0) is 32.9. The minimum atomic E-state index is -0.226. The number of para-hydroxylation sites is 3. The van der Waals surface area contributed by atoms with E-state index in [1.54, 1.807) is 0 Å². The standard InChI is InChI=1S/C43H22B2O6/c1-4-13-25-22(10-1)34-35-28(46-25)16-7-17-29(35)49-41-36(34)42-40(44-23-11-2-5-14-26(23)47-30-18-8-20-32(50-42)37(30)44)43-39(41)45-24-12-3-6-15-27(24)48-31-19-9-21-33(51-43)38(31)45/h1-21,34H. The lowest BCUT2D eigenvalue weighted by Gasteiger charge is -2.43. The van der Waals surface area contributed by atoms with Gasteiger partial charge in [0.15, 0.2) is 0 Å². The van der Waals surface area contributed by atoms with Gasteiger partial charge >= 0.3 is 0 Å². The fourth-order valence-corrected chi connectivity index (χ4v) is 9.31. The van der Waals surface area contributed by atoms with Crippen LogP contribution >= 0.6 is 0 Å². The van der Waals surface area contributed by atoms with Crippen molar-refractivity contribution in [2.24, 2.45) is 0 Å². The van der Waals surface area contributed by atoms with Gasteiger partial charge in [0.25, 0.3) is 13.4 Å². The first-order chi connectivity index (χ1) is 25.3. The molecule has 0 radical (unpaired) electrons. The van der Waals surface area contributed by atoms with E-state index in [4.69, 9.17) is 28.4 Å². The summed E-state index contributed by atoms with van der Waals surface area (Å²) in [5.74, 6) is 9.10. The summed E-state index contributed by atoms with van der Waals surface area (Å²) < 4.78 is 41.2. The van der Waals surface area contributed by atoms with Crippen LogP contribution in [0.25, 0.3) is 0 Å². The molecule has 0 spiro atoms. The Hall–Kier alpha value is -6.53. The van der Waals surface area contributed by atoms with Crippen LogP contribution in [0.15, 0.2) is 127 Å². The van der Waals surface area contributed by atoms with Crippen molar-refractivity contribution in [1.82, 2.24) is 0 Å². The van der Waals surface area contributed by atoms with Crippen LogP contribution in [0.3, 0.4) is 0 Å². The van der Waals surface area contributed by atoms with Crippen molar-refractivity contribution in [3.8, 4) is 69.0 Å². The molecule has 1 atom stereocenters.